The molecule has 0 atom stereocenters. The minimum atomic E-state index is -1.23. The topological polar surface area (TPSA) is 63.6 Å². The van der Waals surface area contributed by atoms with Crippen LogP contribution in [0.1, 0.15) is 33.1 Å². The van der Waals surface area contributed by atoms with Crippen molar-refractivity contribution in [1.29, 1.82) is 0 Å². The average molecular weight is 200 g/mol. The molecule has 0 amide bonds. The largest absolute Gasteiger partial charge is 0.480 e. The van der Waals surface area contributed by atoms with Gasteiger partial charge in [-0.05, 0) is 25.2 Å². The minimum absolute atomic E-state index is 0.241. The molecule has 0 bridgehead atoms. The zero-order chi connectivity index (χ0) is 10.8. The maximum absolute atomic E-state index is 11.5. The number of rotatable bonds is 4. The number of aliphatic carboxylic acids is 1. The van der Waals surface area contributed by atoms with Crippen molar-refractivity contribution in [3.8, 4) is 0 Å². The summed E-state index contributed by atoms with van der Waals surface area (Å²) in [5.41, 5.74) is -1.23. The van der Waals surface area contributed by atoms with Crippen molar-refractivity contribution < 1.29 is 19.4 Å². The third kappa shape index (κ3) is 1.89. The zero-order valence-corrected chi connectivity index (χ0v) is 8.58. The predicted molar refractivity (Wildman–Crippen MR) is 49.7 cm³/mol. The Morgan fingerprint density at radius 2 is 2.00 bits per heavy atom. The Morgan fingerprint density at radius 1 is 1.43 bits per heavy atom. The highest BCUT2D eigenvalue weighted by molar-refractivity contribution is 6.00. The van der Waals surface area contributed by atoms with Crippen LogP contribution in [-0.2, 0) is 14.3 Å². The molecule has 1 N–H and O–H groups in total. The number of carbonyl (C=O) groups is 2. The van der Waals surface area contributed by atoms with Crippen molar-refractivity contribution in [2.45, 2.75) is 33.1 Å². The van der Waals surface area contributed by atoms with Crippen LogP contribution in [0.4, 0.5) is 0 Å². The number of carbonyl (C=O) groups excluding carboxylic acids is 1. The smallest absolute Gasteiger partial charge is 0.323 e. The Labute approximate surface area is 83.2 Å². The van der Waals surface area contributed by atoms with Gasteiger partial charge in [-0.1, -0.05) is 13.8 Å². The molecule has 14 heavy (non-hydrogen) atoms. The fourth-order valence-electron chi connectivity index (χ4n) is 1.42. The molecule has 0 heterocycles. The van der Waals surface area contributed by atoms with E-state index in [2.05, 4.69) is 0 Å². The van der Waals surface area contributed by atoms with E-state index in [9.17, 15) is 9.59 Å². The third-order valence-corrected chi connectivity index (χ3v) is 2.55. The van der Waals surface area contributed by atoms with Gasteiger partial charge in [-0.25, -0.2) is 0 Å². The molecule has 1 aliphatic carbocycles. The zero-order valence-electron chi connectivity index (χ0n) is 8.58. The van der Waals surface area contributed by atoms with Crippen LogP contribution in [0, 0.1) is 11.3 Å². The molecule has 0 aromatic rings. The van der Waals surface area contributed by atoms with Gasteiger partial charge in [-0.15, -0.1) is 0 Å². The standard InChI is InChI=1S/C10H16O4/c1-7(2)6-14-9(13)10(8(11)12)4-3-5-10/h7H,3-6H2,1-2H3,(H,11,12). The Kier molecular flexibility index (Phi) is 3.13. The fourth-order valence-corrected chi connectivity index (χ4v) is 1.42. The summed E-state index contributed by atoms with van der Waals surface area (Å²) < 4.78 is 4.95. The first kappa shape index (κ1) is 11.0. The van der Waals surface area contributed by atoms with Crippen LogP contribution in [0.25, 0.3) is 0 Å². The van der Waals surface area contributed by atoms with Crippen molar-refractivity contribution >= 4 is 11.9 Å². The van der Waals surface area contributed by atoms with Crippen LogP contribution in [0.3, 0.4) is 0 Å². The highest BCUT2D eigenvalue weighted by Gasteiger charge is 2.52. The predicted octanol–water partition coefficient (Wildman–Crippen LogP) is 1.44. The monoisotopic (exact) mass is 200 g/mol. The molecule has 0 aliphatic heterocycles. The Hall–Kier alpha value is -1.06. The van der Waals surface area contributed by atoms with E-state index in [4.69, 9.17) is 9.84 Å². The van der Waals surface area contributed by atoms with E-state index in [1.54, 1.807) is 0 Å². The molecule has 1 saturated carbocycles. The lowest BCUT2D eigenvalue weighted by Gasteiger charge is -2.34. The minimum Gasteiger partial charge on any atom is -0.480 e. The third-order valence-electron chi connectivity index (χ3n) is 2.55. The van der Waals surface area contributed by atoms with Crippen LogP contribution in [0.5, 0.6) is 0 Å². The first-order valence-electron chi connectivity index (χ1n) is 4.89. The van der Waals surface area contributed by atoms with Gasteiger partial charge in [0.15, 0.2) is 5.41 Å². The first-order valence-corrected chi connectivity index (χ1v) is 4.89. The number of hydrogen-bond donors (Lipinski definition) is 1. The molecule has 1 aliphatic rings. The second kappa shape index (κ2) is 3.98. The number of carboxylic acid groups (broad SMARTS) is 1. The van der Waals surface area contributed by atoms with Crippen molar-refractivity contribution in [2.24, 2.45) is 11.3 Å². The van der Waals surface area contributed by atoms with E-state index in [1.807, 2.05) is 13.8 Å². The summed E-state index contributed by atoms with van der Waals surface area (Å²) in [5, 5.41) is 8.92. The summed E-state index contributed by atoms with van der Waals surface area (Å²) in [4.78, 5) is 22.4. The van der Waals surface area contributed by atoms with E-state index in [0.29, 0.717) is 19.4 Å². The van der Waals surface area contributed by atoms with Gasteiger partial charge in [0.05, 0.1) is 6.61 Å². The van der Waals surface area contributed by atoms with E-state index < -0.39 is 17.4 Å². The Balaban J connectivity index is 2.53. The Bertz CT molecular complexity index is 241. The summed E-state index contributed by atoms with van der Waals surface area (Å²) in [7, 11) is 0. The van der Waals surface area contributed by atoms with Crippen molar-refractivity contribution in [2.75, 3.05) is 6.61 Å². The molecule has 1 rings (SSSR count). The molecule has 1 fully saturated rings. The summed E-state index contributed by atoms with van der Waals surface area (Å²) in [5.74, 6) is -1.37. The first-order chi connectivity index (χ1) is 6.49. The summed E-state index contributed by atoms with van der Waals surface area (Å²) >= 11 is 0. The van der Waals surface area contributed by atoms with Gasteiger partial charge < -0.3 is 9.84 Å². The number of ether oxygens (including phenoxy) is 1. The van der Waals surface area contributed by atoms with Crippen molar-refractivity contribution in [3.05, 3.63) is 0 Å². The lowest BCUT2D eigenvalue weighted by atomic mass is 9.69. The van der Waals surface area contributed by atoms with Gasteiger partial charge in [0, 0.05) is 0 Å². The number of esters is 1. The lowest BCUT2D eigenvalue weighted by Crippen LogP contribution is -2.46. The highest BCUT2D eigenvalue weighted by atomic mass is 16.5. The van der Waals surface area contributed by atoms with E-state index >= 15 is 0 Å². The van der Waals surface area contributed by atoms with E-state index in [0.717, 1.165) is 6.42 Å². The quantitative estimate of drug-likeness (QED) is 0.551. The second-order valence-electron chi connectivity index (χ2n) is 4.23. The molecule has 4 nitrogen and oxygen atoms in total. The number of carboxylic acids is 1. The van der Waals surface area contributed by atoms with Gasteiger partial charge >= 0.3 is 11.9 Å². The maximum atomic E-state index is 11.5. The molecular formula is C10H16O4. The van der Waals surface area contributed by atoms with Gasteiger partial charge in [-0.2, -0.15) is 0 Å². The van der Waals surface area contributed by atoms with E-state index in [-0.39, 0.29) is 5.92 Å². The van der Waals surface area contributed by atoms with Gasteiger partial charge in [0.25, 0.3) is 0 Å². The highest BCUT2D eigenvalue weighted by Crippen LogP contribution is 2.42. The molecule has 0 aromatic heterocycles. The fraction of sp³-hybridized carbons (Fsp3) is 0.800. The number of hydrogen-bond acceptors (Lipinski definition) is 3. The van der Waals surface area contributed by atoms with E-state index in [1.165, 1.54) is 0 Å². The second-order valence-corrected chi connectivity index (χ2v) is 4.23. The van der Waals surface area contributed by atoms with Crippen molar-refractivity contribution in [1.82, 2.24) is 0 Å². The summed E-state index contributed by atoms with van der Waals surface area (Å²) in [6.07, 6.45) is 1.63. The maximum Gasteiger partial charge on any atom is 0.323 e. The van der Waals surface area contributed by atoms with Gasteiger partial charge in [0.2, 0.25) is 0 Å². The molecule has 80 valence electrons. The van der Waals surface area contributed by atoms with Crippen LogP contribution in [0.2, 0.25) is 0 Å². The molecule has 0 radical (unpaired) electrons. The summed E-state index contributed by atoms with van der Waals surface area (Å²) in [6, 6.07) is 0. The lowest BCUT2D eigenvalue weighted by molar-refractivity contribution is -0.176. The van der Waals surface area contributed by atoms with Gasteiger partial charge in [0.1, 0.15) is 0 Å². The molecule has 0 spiro atoms. The van der Waals surface area contributed by atoms with Crippen LogP contribution >= 0.6 is 0 Å². The molecule has 0 aromatic carbocycles. The molecular weight excluding hydrogens is 184 g/mol. The molecule has 4 heteroatoms. The Morgan fingerprint density at radius 3 is 2.29 bits per heavy atom. The van der Waals surface area contributed by atoms with Crippen molar-refractivity contribution in [3.63, 3.8) is 0 Å². The van der Waals surface area contributed by atoms with Crippen LogP contribution < -0.4 is 0 Å². The van der Waals surface area contributed by atoms with Crippen LogP contribution in [0.15, 0.2) is 0 Å². The summed E-state index contributed by atoms with van der Waals surface area (Å²) in [6.45, 7) is 4.14. The molecule has 0 saturated heterocycles. The molecule has 0 unspecified atom stereocenters. The van der Waals surface area contributed by atoms with Gasteiger partial charge in [-0.3, -0.25) is 9.59 Å². The normalized spacial score (nSPS) is 18.8. The SMILES string of the molecule is CC(C)COC(=O)C1(C(=O)O)CCC1. The van der Waals surface area contributed by atoms with Crippen LogP contribution in [-0.4, -0.2) is 23.7 Å². The average Bonchev–Trinajstić information content (AvgIpc) is 1.97.